The number of hydrogen-bond acceptors (Lipinski definition) is 3. The largest absolute Gasteiger partial charge is 0.393 e. The molecule has 0 aliphatic carbocycles. The number of halogens is 12. The van der Waals surface area contributed by atoms with Gasteiger partial charge in [0.15, 0.2) is 0 Å². The molecule has 0 bridgehead atoms. The second-order valence-corrected chi connectivity index (χ2v) is 5.48. The van der Waals surface area contributed by atoms with Crippen LogP contribution < -0.4 is 5.32 Å². The van der Waals surface area contributed by atoms with Crippen molar-refractivity contribution >= 4 is 17.3 Å². The second-order valence-electron chi connectivity index (χ2n) is 5.48. The van der Waals surface area contributed by atoms with Gasteiger partial charge >= 0.3 is 41.9 Å². The molecule has 0 saturated heterocycles. The van der Waals surface area contributed by atoms with Crippen molar-refractivity contribution < 1.29 is 62.4 Å². The van der Waals surface area contributed by atoms with Gasteiger partial charge in [-0.3, -0.25) is 14.9 Å². The number of nitrogens with zero attached hydrogens (tertiary/aromatic N) is 1. The van der Waals surface area contributed by atoms with Crippen LogP contribution in [0.15, 0.2) is 24.3 Å². The number of carbonyl (C=O) groups is 1. The van der Waals surface area contributed by atoms with Crippen LogP contribution in [0.3, 0.4) is 0 Å². The summed E-state index contributed by atoms with van der Waals surface area (Å²) in [6.45, 7) is 0. The average molecular weight is 466 g/mol. The van der Waals surface area contributed by atoms with Gasteiger partial charge in [0.1, 0.15) is 0 Å². The predicted octanol–water partition coefficient (Wildman–Crippen LogP) is 4.97. The maximum atomic E-state index is 13.6. The summed E-state index contributed by atoms with van der Waals surface area (Å²) in [5.41, 5.74) is -1.65. The smallest absolute Gasteiger partial charge is 0.321 e. The Labute approximate surface area is 156 Å². The fourth-order valence-electron chi connectivity index (χ4n) is 1.76. The van der Waals surface area contributed by atoms with E-state index < -0.39 is 58.2 Å². The number of nitrogens with one attached hydrogen (secondary N) is 1. The van der Waals surface area contributed by atoms with Crippen molar-refractivity contribution in [1.29, 1.82) is 0 Å². The van der Waals surface area contributed by atoms with E-state index in [4.69, 9.17) is 0 Å². The zero-order valence-electron chi connectivity index (χ0n) is 13.6. The van der Waals surface area contributed by atoms with Crippen molar-refractivity contribution in [3.63, 3.8) is 0 Å². The van der Waals surface area contributed by atoms with Crippen LogP contribution in [-0.2, 0) is 4.79 Å². The van der Waals surface area contributed by atoms with Gasteiger partial charge in [-0.15, -0.1) is 0 Å². The van der Waals surface area contributed by atoms with Crippen LogP contribution >= 0.6 is 0 Å². The molecule has 1 N–H and O–H groups in total. The van der Waals surface area contributed by atoms with Crippen LogP contribution in [0.5, 0.6) is 0 Å². The summed E-state index contributed by atoms with van der Waals surface area (Å²) in [5, 5.41) is 11.2. The summed E-state index contributed by atoms with van der Waals surface area (Å²) in [6, 6.07) is 1.94. The van der Waals surface area contributed by atoms with Crippen molar-refractivity contribution in [3.05, 3.63) is 34.4 Å². The standard InChI is InChI=1S/C13H6F12N2O3/c14-7(15)9(16,17)11(20,21)13(24,25)12(22,23)10(18,19)8(28)26-5-1-3-6(4-2-5)27(29)30/h1-4,7H,(H,26,28). The maximum Gasteiger partial charge on any atom is 0.393 e. The number of nitro groups is 1. The molecule has 0 saturated carbocycles. The third kappa shape index (κ3) is 3.71. The van der Waals surface area contributed by atoms with E-state index in [1.807, 2.05) is 0 Å². The topological polar surface area (TPSA) is 72.2 Å². The van der Waals surface area contributed by atoms with E-state index in [1.54, 1.807) is 0 Å². The van der Waals surface area contributed by atoms with Crippen molar-refractivity contribution in [2.24, 2.45) is 0 Å². The molecule has 1 rings (SSSR count). The van der Waals surface area contributed by atoms with Crippen molar-refractivity contribution in [1.82, 2.24) is 0 Å². The third-order valence-electron chi connectivity index (χ3n) is 3.50. The molecule has 1 aromatic carbocycles. The first-order valence-corrected chi connectivity index (χ1v) is 6.98. The van der Waals surface area contributed by atoms with Crippen molar-refractivity contribution in [3.8, 4) is 0 Å². The molecule has 0 aliphatic heterocycles. The fourth-order valence-corrected chi connectivity index (χ4v) is 1.76. The molecule has 0 aromatic heterocycles. The summed E-state index contributed by atoms with van der Waals surface area (Å²) in [5.74, 6) is -40.6. The SMILES string of the molecule is O=C(Nc1ccc([N+](=O)[O-])cc1)C(F)(F)C(F)(F)C(F)(F)C(F)(F)C(F)(F)C(F)F. The third-order valence-corrected chi connectivity index (χ3v) is 3.50. The number of alkyl halides is 12. The normalized spacial score (nSPS) is 14.0. The van der Waals surface area contributed by atoms with Gasteiger partial charge in [-0.05, 0) is 12.1 Å². The Morgan fingerprint density at radius 2 is 1.27 bits per heavy atom. The Bertz CT molecular complexity index is 810. The first-order chi connectivity index (χ1) is 13.2. The van der Waals surface area contributed by atoms with Crippen LogP contribution in [0.2, 0.25) is 0 Å². The number of nitro benzene ring substituents is 1. The zero-order valence-corrected chi connectivity index (χ0v) is 13.6. The lowest BCUT2D eigenvalue weighted by atomic mass is 9.94. The summed E-state index contributed by atoms with van der Waals surface area (Å²) in [6.07, 6.45) is -5.66. The molecule has 0 unspecified atom stereocenters. The van der Waals surface area contributed by atoms with Crippen LogP contribution in [0.25, 0.3) is 0 Å². The average Bonchev–Trinajstić information content (AvgIpc) is 2.61. The van der Waals surface area contributed by atoms with Crippen molar-refractivity contribution in [2.75, 3.05) is 5.32 Å². The number of hydrogen-bond donors (Lipinski definition) is 1. The van der Waals surface area contributed by atoms with Crippen LogP contribution in [0.4, 0.5) is 64.1 Å². The number of anilines is 1. The molecule has 0 spiro atoms. The van der Waals surface area contributed by atoms with Gasteiger partial charge in [-0.25, -0.2) is 8.78 Å². The minimum Gasteiger partial charge on any atom is -0.321 e. The van der Waals surface area contributed by atoms with Gasteiger partial charge < -0.3 is 5.32 Å². The van der Waals surface area contributed by atoms with E-state index in [0.29, 0.717) is 24.3 Å². The minimum atomic E-state index is -7.84. The Balaban J connectivity index is 3.30. The summed E-state index contributed by atoms with van der Waals surface area (Å²) < 4.78 is 156. The zero-order chi connectivity index (χ0) is 23.9. The predicted molar refractivity (Wildman–Crippen MR) is 72.5 cm³/mol. The lowest BCUT2D eigenvalue weighted by molar-refractivity contribution is -0.406. The van der Waals surface area contributed by atoms with Gasteiger partial charge in [0.05, 0.1) is 4.92 Å². The molecule has 0 radical (unpaired) electrons. The number of benzene rings is 1. The van der Waals surface area contributed by atoms with E-state index in [1.165, 1.54) is 0 Å². The monoisotopic (exact) mass is 466 g/mol. The van der Waals surface area contributed by atoms with Crippen LogP contribution in [0.1, 0.15) is 0 Å². The number of rotatable bonds is 8. The van der Waals surface area contributed by atoms with Crippen LogP contribution in [-0.4, -0.2) is 46.9 Å². The van der Waals surface area contributed by atoms with E-state index in [9.17, 15) is 67.6 Å². The Morgan fingerprint density at radius 1 is 0.833 bits per heavy atom. The minimum absolute atomic E-state index is 0.446. The van der Waals surface area contributed by atoms with E-state index in [-0.39, 0.29) is 0 Å². The molecule has 0 heterocycles. The van der Waals surface area contributed by atoms with E-state index >= 15 is 0 Å². The molecular formula is C13H6F12N2O3. The molecule has 0 atom stereocenters. The van der Waals surface area contributed by atoms with Gasteiger partial charge in [-0.2, -0.15) is 43.9 Å². The van der Waals surface area contributed by atoms with Gasteiger partial charge in [-0.1, -0.05) is 0 Å². The lowest BCUT2D eigenvalue weighted by Gasteiger charge is -2.38. The quantitative estimate of drug-likeness (QED) is 0.334. The first kappa shape index (κ1) is 25.3. The van der Waals surface area contributed by atoms with Crippen LogP contribution in [0, 0.1) is 10.1 Å². The van der Waals surface area contributed by atoms with E-state index in [0.717, 1.165) is 5.32 Å². The first-order valence-electron chi connectivity index (χ1n) is 6.98. The highest BCUT2D eigenvalue weighted by Crippen LogP contribution is 2.58. The highest BCUT2D eigenvalue weighted by atomic mass is 19.4. The molecule has 1 aromatic rings. The highest BCUT2D eigenvalue weighted by Gasteiger charge is 2.89. The van der Waals surface area contributed by atoms with E-state index in [2.05, 4.69) is 0 Å². The Kier molecular flexibility index (Phi) is 6.32. The van der Waals surface area contributed by atoms with Gasteiger partial charge in [0, 0.05) is 17.8 Å². The molecule has 30 heavy (non-hydrogen) atoms. The molecule has 0 aliphatic rings. The molecule has 170 valence electrons. The van der Waals surface area contributed by atoms with Gasteiger partial charge in [0.25, 0.3) is 5.69 Å². The molecule has 0 fully saturated rings. The number of carbonyl (C=O) groups excluding carboxylic acids is 1. The lowest BCUT2D eigenvalue weighted by Crippen LogP contribution is -2.70. The van der Waals surface area contributed by atoms with Crippen molar-refractivity contribution in [2.45, 2.75) is 36.0 Å². The summed E-state index contributed by atoms with van der Waals surface area (Å²) in [4.78, 5) is 20.6. The summed E-state index contributed by atoms with van der Waals surface area (Å²) in [7, 11) is 0. The number of amides is 1. The summed E-state index contributed by atoms with van der Waals surface area (Å²) >= 11 is 0. The maximum absolute atomic E-state index is 13.6. The Morgan fingerprint density at radius 3 is 1.63 bits per heavy atom. The highest BCUT2D eigenvalue weighted by molar-refractivity contribution is 5.97. The Hall–Kier alpha value is -2.75. The second kappa shape index (κ2) is 7.50. The van der Waals surface area contributed by atoms with Gasteiger partial charge in [0.2, 0.25) is 0 Å². The fraction of sp³-hybridized carbons (Fsp3) is 0.462. The molecule has 17 heteroatoms. The number of non-ortho nitro benzene ring substituents is 1. The molecule has 1 amide bonds. The molecule has 5 nitrogen and oxygen atoms in total. The molecular weight excluding hydrogens is 460 g/mol.